The molecular formula is C27H37NO2. The van der Waals surface area contributed by atoms with Crippen LogP contribution in [0.2, 0.25) is 0 Å². The number of nitrogens with zero attached hydrogens (tertiary/aromatic N) is 1. The first-order chi connectivity index (χ1) is 14.7. The Bertz CT molecular complexity index is 782. The van der Waals surface area contributed by atoms with Crippen molar-refractivity contribution >= 4 is 0 Å². The van der Waals surface area contributed by atoms with Crippen molar-refractivity contribution in [1.29, 1.82) is 0 Å². The van der Waals surface area contributed by atoms with Crippen molar-refractivity contribution in [1.82, 2.24) is 4.90 Å². The van der Waals surface area contributed by atoms with Gasteiger partial charge in [0.2, 0.25) is 0 Å². The van der Waals surface area contributed by atoms with Crippen LogP contribution in [-0.4, -0.2) is 30.9 Å². The summed E-state index contributed by atoms with van der Waals surface area (Å²) in [5.74, 6) is 0. The molecule has 4 rings (SSSR count). The van der Waals surface area contributed by atoms with E-state index in [1.807, 2.05) is 0 Å². The molecule has 0 radical (unpaired) electrons. The summed E-state index contributed by atoms with van der Waals surface area (Å²) in [6.45, 7) is 4.54. The van der Waals surface area contributed by atoms with Crippen LogP contribution in [0.3, 0.4) is 0 Å². The molecular weight excluding hydrogens is 370 g/mol. The molecule has 2 aliphatic rings. The molecule has 0 saturated heterocycles. The lowest BCUT2D eigenvalue weighted by Gasteiger charge is -2.48. The van der Waals surface area contributed by atoms with Gasteiger partial charge in [0, 0.05) is 26.1 Å². The zero-order chi connectivity index (χ0) is 20.8. The summed E-state index contributed by atoms with van der Waals surface area (Å²) in [4.78, 5) is 2.74. The summed E-state index contributed by atoms with van der Waals surface area (Å²) in [7, 11) is 1.77. The summed E-state index contributed by atoms with van der Waals surface area (Å²) >= 11 is 0. The van der Waals surface area contributed by atoms with Gasteiger partial charge in [-0.1, -0.05) is 74.4 Å². The summed E-state index contributed by atoms with van der Waals surface area (Å²) in [6, 6.07) is 20.4. The van der Waals surface area contributed by atoms with Gasteiger partial charge in [0.1, 0.15) is 0 Å². The monoisotopic (exact) mass is 407 g/mol. The first-order valence-corrected chi connectivity index (χ1v) is 11.8. The van der Waals surface area contributed by atoms with Crippen molar-refractivity contribution in [3.8, 4) is 0 Å². The molecule has 1 heterocycles. The molecule has 1 unspecified atom stereocenters. The summed E-state index contributed by atoms with van der Waals surface area (Å²) in [5.41, 5.74) is 4.05. The van der Waals surface area contributed by atoms with Gasteiger partial charge in [-0.15, -0.1) is 0 Å². The van der Waals surface area contributed by atoms with Crippen molar-refractivity contribution < 1.29 is 9.47 Å². The molecule has 1 saturated carbocycles. The van der Waals surface area contributed by atoms with Gasteiger partial charge in [0.15, 0.2) is 6.29 Å². The maximum Gasteiger partial charge on any atom is 0.162 e. The number of hydrogen-bond donors (Lipinski definition) is 0. The Kier molecular flexibility index (Phi) is 7.24. The van der Waals surface area contributed by atoms with E-state index >= 15 is 0 Å². The number of ether oxygens (including phenoxy) is 2. The third kappa shape index (κ3) is 4.80. The van der Waals surface area contributed by atoms with Crippen LogP contribution in [0.4, 0.5) is 0 Å². The van der Waals surface area contributed by atoms with Crippen molar-refractivity contribution in [3.63, 3.8) is 0 Å². The minimum atomic E-state index is -0.173. The Labute approximate surface area is 182 Å². The SMILES string of the molecule is CCCCCN(Cc1ccccc1)C1CCC2(CC1)OC(OC)Cc1ccccc12. The second-order valence-electron chi connectivity index (χ2n) is 9.03. The largest absolute Gasteiger partial charge is 0.356 e. The zero-order valence-corrected chi connectivity index (χ0v) is 18.7. The van der Waals surface area contributed by atoms with Gasteiger partial charge in [-0.3, -0.25) is 4.90 Å². The number of rotatable bonds is 8. The molecule has 0 aromatic heterocycles. The van der Waals surface area contributed by atoms with Gasteiger partial charge in [0.25, 0.3) is 0 Å². The van der Waals surface area contributed by atoms with Crippen LogP contribution < -0.4 is 0 Å². The third-order valence-corrected chi connectivity index (χ3v) is 7.07. The molecule has 1 aliphatic carbocycles. The predicted molar refractivity (Wildman–Crippen MR) is 122 cm³/mol. The van der Waals surface area contributed by atoms with Gasteiger partial charge < -0.3 is 9.47 Å². The maximum absolute atomic E-state index is 6.59. The quantitative estimate of drug-likeness (QED) is 0.496. The lowest BCUT2D eigenvalue weighted by atomic mass is 9.74. The van der Waals surface area contributed by atoms with Crippen LogP contribution in [0.25, 0.3) is 0 Å². The average molecular weight is 408 g/mol. The van der Waals surface area contributed by atoms with Gasteiger partial charge in [0.05, 0.1) is 5.60 Å². The highest BCUT2D eigenvalue weighted by molar-refractivity contribution is 5.35. The lowest BCUT2D eigenvalue weighted by molar-refractivity contribution is -0.226. The molecule has 1 atom stereocenters. The summed E-state index contributed by atoms with van der Waals surface area (Å²) < 4.78 is 12.3. The van der Waals surface area contributed by atoms with E-state index in [-0.39, 0.29) is 11.9 Å². The minimum Gasteiger partial charge on any atom is -0.356 e. The summed E-state index contributed by atoms with van der Waals surface area (Å²) in [6.07, 6.45) is 9.13. The number of hydrogen-bond acceptors (Lipinski definition) is 3. The van der Waals surface area contributed by atoms with Crippen molar-refractivity contribution in [2.45, 2.75) is 82.8 Å². The molecule has 3 heteroatoms. The molecule has 1 spiro atoms. The molecule has 1 fully saturated rings. The Morgan fingerprint density at radius 1 is 1.00 bits per heavy atom. The Morgan fingerprint density at radius 2 is 1.73 bits per heavy atom. The lowest BCUT2D eigenvalue weighted by Crippen LogP contribution is -2.47. The molecule has 0 bridgehead atoms. The highest BCUT2D eigenvalue weighted by atomic mass is 16.7. The maximum atomic E-state index is 6.59. The molecule has 2 aromatic carbocycles. The van der Waals surface area contributed by atoms with E-state index in [0.29, 0.717) is 6.04 Å². The van der Waals surface area contributed by atoms with Crippen LogP contribution in [0.5, 0.6) is 0 Å². The van der Waals surface area contributed by atoms with Gasteiger partial charge in [-0.25, -0.2) is 0 Å². The Morgan fingerprint density at radius 3 is 2.47 bits per heavy atom. The topological polar surface area (TPSA) is 21.7 Å². The molecule has 0 amide bonds. The Balaban J connectivity index is 1.48. The Hall–Kier alpha value is -1.68. The number of benzene rings is 2. The van der Waals surface area contributed by atoms with E-state index in [1.54, 1.807) is 7.11 Å². The third-order valence-electron chi connectivity index (χ3n) is 7.07. The van der Waals surface area contributed by atoms with Crippen molar-refractivity contribution in [3.05, 3.63) is 71.3 Å². The molecule has 0 N–H and O–H groups in total. The molecule has 2 aromatic rings. The van der Waals surface area contributed by atoms with Gasteiger partial charge in [-0.2, -0.15) is 0 Å². The average Bonchev–Trinajstić information content (AvgIpc) is 2.80. The van der Waals surface area contributed by atoms with Gasteiger partial charge in [-0.05, 0) is 55.3 Å². The number of fused-ring (bicyclic) bond motifs is 2. The molecule has 3 nitrogen and oxygen atoms in total. The second kappa shape index (κ2) is 10.1. The highest BCUT2D eigenvalue weighted by Gasteiger charge is 2.44. The summed E-state index contributed by atoms with van der Waals surface area (Å²) in [5, 5.41) is 0. The second-order valence-corrected chi connectivity index (χ2v) is 9.03. The number of methoxy groups -OCH3 is 1. The first kappa shape index (κ1) is 21.5. The van der Waals surface area contributed by atoms with E-state index in [0.717, 1.165) is 25.8 Å². The van der Waals surface area contributed by atoms with Crippen LogP contribution in [0.15, 0.2) is 54.6 Å². The van der Waals surface area contributed by atoms with Crippen LogP contribution in [0.1, 0.15) is 68.6 Å². The van der Waals surface area contributed by atoms with E-state index < -0.39 is 0 Å². The highest BCUT2D eigenvalue weighted by Crippen LogP contribution is 2.47. The minimum absolute atomic E-state index is 0.124. The normalized spacial score (nSPS) is 26.1. The number of unbranched alkanes of at least 4 members (excludes halogenated alkanes) is 2. The van der Waals surface area contributed by atoms with E-state index in [4.69, 9.17) is 9.47 Å². The molecule has 1 aliphatic heterocycles. The van der Waals surface area contributed by atoms with E-state index in [9.17, 15) is 0 Å². The van der Waals surface area contributed by atoms with Crippen molar-refractivity contribution in [2.24, 2.45) is 0 Å². The van der Waals surface area contributed by atoms with E-state index in [2.05, 4.69) is 66.4 Å². The fraction of sp³-hybridized carbons (Fsp3) is 0.556. The van der Waals surface area contributed by atoms with Gasteiger partial charge >= 0.3 is 0 Å². The molecule has 30 heavy (non-hydrogen) atoms. The van der Waals surface area contributed by atoms with Crippen LogP contribution in [-0.2, 0) is 28.0 Å². The zero-order valence-electron chi connectivity index (χ0n) is 18.7. The van der Waals surface area contributed by atoms with Crippen LogP contribution in [0, 0.1) is 0 Å². The smallest absolute Gasteiger partial charge is 0.162 e. The van der Waals surface area contributed by atoms with Crippen molar-refractivity contribution in [2.75, 3.05) is 13.7 Å². The fourth-order valence-electron chi connectivity index (χ4n) is 5.41. The standard InChI is InChI=1S/C27H37NO2/c1-3-4-10-19-28(21-22-11-6-5-7-12-22)24-15-17-27(18-16-24)25-14-9-8-13-23(25)20-26(29-2)30-27/h5-9,11-14,24,26H,3-4,10,15-21H2,1-2H3. The van der Waals surface area contributed by atoms with E-state index in [1.165, 1.54) is 55.3 Å². The fourth-order valence-corrected chi connectivity index (χ4v) is 5.41. The van der Waals surface area contributed by atoms with Crippen LogP contribution >= 0.6 is 0 Å². The first-order valence-electron chi connectivity index (χ1n) is 11.8. The predicted octanol–water partition coefficient (Wildman–Crippen LogP) is 6.06. The molecule has 162 valence electrons.